The lowest BCUT2D eigenvalue weighted by molar-refractivity contribution is -0.157. The Kier molecular flexibility index (Phi) is 5.11. The van der Waals surface area contributed by atoms with Gasteiger partial charge in [-0.05, 0) is 39.5 Å². The summed E-state index contributed by atoms with van der Waals surface area (Å²) in [5.41, 5.74) is 1.43. The van der Waals surface area contributed by atoms with Gasteiger partial charge in [-0.25, -0.2) is 9.97 Å². The number of aryl methyl sites for hydroxylation is 1. The van der Waals surface area contributed by atoms with Crippen LogP contribution < -0.4 is 0 Å². The molecule has 1 amide bonds. The molecule has 2 bridgehead atoms. The molecule has 2 aromatic rings. The van der Waals surface area contributed by atoms with Crippen molar-refractivity contribution in [3.8, 4) is 11.3 Å². The summed E-state index contributed by atoms with van der Waals surface area (Å²) in [5.74, 6) is 0.367. The van der Waals surface area contributed by atoms with Gasteiger partial charge in [-0.15, -0.1) is 0 Å². The molecule has 2 fully saturated rings. The van der Waals surface area contributed by atoms with Crippen LogP contribution in [-0.4, -0.2) is 45.4 Å². The molecule has 0 unspecified atom stereocenters. The van der Waals surface area contributed by atoms with Crippen molar-refractivity contribution in [3.63, 3.8) is 0 Å². The molecule has 2 aliphatic rings. The third-order valence-corrected chi connectivity index (χ3v) is 6.47. The van der Waals surface area contributed by atoms with Gasteiger partial charge in [0.15, 0.2) is 0 Å². The molecule has 0 saturated carbocycles. The molecule has 2 aliphatic heterocycles. The second-order valence-electron chi connectivity index (χ2n) is 7.94. The maximum Gasteiger partial charge on any atom is 0.314 e. The van der Waals surface area contributed by atoms with Crippen LogP contribution in [0.3, 0.4) is 0 Å². The number of nitrogens with zero attached hydrogens (tertiary/aromatic N) is 3. The minimum absolute atomic E-state index is 0.0572. The first-order chi connectivity index (χ1) is 14.0. The Hall–Kier alpha value is -2.76. The normalized spacial score (nSPS) is 25.3. The van der Waals surface area contributed by atoms with E-state index in [-0.39, 0.29) is 24.0 Å². The molecular weight excluding hydrogens is 366 g/mol. The molecule has 6 heteroatoms. The van der Waals surface area contributed by atoms with Crippen molar-refractivity contribution in [1.82, 2.24) is 14.9 Å². The Balaban J connectivity index is 1.72. The van der Waals surface area contributed by atoms with Gasteiger partial charge in [0.1, 0.15) is 5.82 Å². The third kappa shape index (κ3) is 3.11. The highest BCUT2D eigenvalue weighted by Crippen LogP contribution is 2.53. The van der Waals surface area contributed by atoms with Crippen LogP contribution in [0.5, 0.6) is 0 Å². The van der Waals surface area contributed by atoms with Crippen molar-refractivity contribution in [2.24, 2.45) is 5.41 Å². The van der Waals surface area contributed by atoms with Gasteiger partial charge in [-0.2, -0.15) is 0 Å². The summed E-state index contributed by atoms with van der Waals surface area (Å²) >= 11 is 0. The highest BCUT2D eigenvalue weighted by molar-refractivity contribution is 6.01. The maximum atomic E-state index is 13.7. The van der Waals surface area contributed by atoms with Crippen LogP contribution in [0.2, 0.25) is 0 Å². The first kappa shape index (κ1) is 19.6. The van der Waals surface area contributed by atoms with E-state index >= 15 is 0 Å². The summed E-state index contributed by atoms with van der Waals surface area (Å²) < 4.78 is 5.41. The zero-order chi connectivity index (χ0) is 20.6. The zero-order valence-electron chi connectivity index (χ0n) is 17.2. The number of carbonyl (C=O) groups excluding carboxylic acids is 2. The second kappa shape index (κ2) is 7.58. The highest BCUT2D eigenvalue weighted by Gasteiger charge is 2.61. The summed E-state index contributed by atoms with van der Waals surface area (Å²) in [7, 11) is 0. The lowest BCUT2D eigenvalue weighted by Crippen LogP contribution is -2.45. The smallest absolute Gasteiger partial charge is 0.314 e. The molecular formula is C23H27N3O3. The van der Waals surface area contributed by atoms with Gasteiger partial charge in [-0.1, -0.05) is 37.3 Å². The molecule has 29 heavy (non-hydrogen) atoms. The van der Waals surface area contributed by atoms with Crippen LogP contribution >= 0.6 is 0 Å². The van der Waals surface area contributed by atoms with Crippen LogP contribution in [0.4, 0.5) is 0 Å². The number of aromatic nitrogens is 2. The predicted octanol–water partition coefficient (Wildman–Crippen LogP) is 3.79. The van der Waals surface area contributed by atoms with Gasteiger partial charge in [0.25, 0.3) is 5.91 Å². The topological polar surface area (TPSA) is 72.4 Å². The summed E-state index contributed by atoms with van der Waals surface area (Å²) in [6.07, 6.45) is 4.73. The Morgan fingerprint density at radius 2 is 1.97 bits per heavy atom. The van der Waals surface area contributed by atoms with E-state index < -0.39 is 5.41 Å². The predicted molar refractivity (Wildman–Crippen MR) is 109 cm³/mol. The Bertz CT molecular complexity index is 930. The number of hydrogen-bond donors (Lipinski definition) is 0. The average molecular weight is 393 g/mol. The first-order valence-corrected chi connectivity index (χ1v) is 10.4. The molecule has 152 valence electrons. The largest absolute Gasteiger partial charge is 0.466 e. The number of benzene rings is 1. The van der Waals surface area contributed by atoms with Crippen molar-refractivity contribution < 1.29 is 14.3 Å². The Labute approximate surface area is 171 Å². The van der Waals surface area contributed by atoms with Crippen molar-refractivity contribution in [3.05, 3.63) is 47.9 Å². The molecule has 1 aromatic heterocycles. The fraction of sp³-hybridized carbons (Fsp3) is 0.478. The number of esters is 1. The molecule has 1 aromatic carbocycles. The van der Waals surface area contributed by atoms with Gasteiger partial charge in [0.05, 0.1) is 23.3 Å². The summed E-state index contributed by atoms with van der Waals surface area (Å²) in [6, 6.07) is 9.63. The zero-order valence-corrected chi connectivity index (χ0v) is 17.2. The standard InChI is InChI=1S/C23H27N3O3/c1-4-23(22(28)29-5-2)13-17-11-12-19(23)26(17)21(27)18-14-24-15(3)25-20(18)16-9-7-6-8-10-16/h6-10,14,17,19H,4-5,11-13H2,1-3H3/t17-,19+,23+/m1/s1. The molecule has 3 atom stereocenters. The summed E-state index contributed by atoms with van der Waals surface area (Å²) in [5, 5.41) is 0. The fourth-order valence-electron chi connectivity index (χ4n) is 5.09. The van der Waals surface area contributed by atoms with Gasteiger partial charge in [-0.3, -0.25) is 9.59 Å². The fourth-order valence-corrected chi connectivity index (χ4v) is 5.09. The molecule has 0 N–H and O–H groups in total. The van der Waals surface area contributed by atoms with Crippen LogP contribution in [0.1, 0.15) is 55.7 Å². The number of carbonyl (C=O) groups is 2. The monoisotopic (exact) mass is 393 g/mol. The van der Waals surface area contributed by atoms with Crippen LogP contribution in [0.25, 0.3) is 11.3 Å². The lowest BCUT2D eigenvalue weighted by Gasteiger charge is -2.34. The Morgan fingerprint density at radius 1 is 1.21 bits per heavy atom. The third-order valence-electron chi connectivity index (χ3n) is 6.47. The second-order valence-corrected chi connectivity index (χ2v) is 7.94. The van der Waals surface area contributed by atoms with E-state index in [2.05, 4.69) is 9.97 Å². The molecule has 4 rings (SSSR count). The van der Waals surface area contributed by atoms with Crippen LogP contribution in [0.15, 0.2) is 36.5 Å². The molecule has 0 radical (unpaired) electrons. The number of ether oxygens (including phenoxy) is 1. The highest BCUT2D eigenvalue weighted by atomic mass is 16.5. The van der Waals surface area contributed by atoms with E-state index in [0.29, 0.717) is 36.5 Å². The molecule has 0 aliphatic carbocycles. The Morgan fingerprint density at radius 3 is 2.66 bits per heavy atom. The van der Waals surface area contributed by atoms with Gasteiger partial charge in [0.2, 0.25) is 0 Å². The van der Waals surface area contributed by atoms with E-state index in [9.17, 15) is 9.59 Å². The molecule has 2 saturated heterocycles. The van der Waals surface area contributed by atoms with E-state index in [1.54, 1.807) is 6.20 Å². The van der Waals surface area contributed by atoms with E-state index in [1.165, 1.54) is 0 Å². The van der Waals surface area contributed by atoms with Crippen LogP contribution in [-0.2, 0) is 9.53 Å². The van der Waals surface area contributed by atoms with Gasteiger partial charge in [0, 0.05) is 23.8 Å². The number of fused-ring (bicyclic) bond motifs is 2. The van der Waals surface area contributed by atoms with Crippen molar-refractivity contribution in [2.45, 2.75) is 58.5 Å². The molecule has 6 nitrogen and oxygen atoms in total. The van der Waals surface area contributed by atoms with E-state index in [4.69, 9.17) is 4.74 Å². The van der Waals surface area contributed by atoms with Crippen LogP contribution in [0, 0.1) is 12.3 Å². The van der Waals surface area contributed by atoms with Crippen molar-refractivity contribution in [2.75, 3.05) is 6.61 Å². The average Bonchev–Trinajstić information content (AvgIpc) is 3.30. The minimum Gasteiger partial charge on any atom is -0.466 e. The first-order valence-electron chi connectivity index (χ1n) is 10.4. The summed E-state index contributed by atoms with van der Waals surface area (Å²) in [6.45, 7) is 6.02. The van der Waals surface area contributed by atoms with Crippen molar-refractivity contribution >= 4 is 11.9 Å². The SMILES string of the molecule is CCOC(=O)[C@@]1(CC)C[C@H]2CC[C@@H]1N2C(=O)c1cnc(C)nc1-c1ccccc1. The van der Waals surface area contributed by atoms with E-state index in [0.717, 1.165) is 18.4 Å². The lowest BCUT2D eigenvalue weighted by atomic mass is 9.72. The number of rotatable bonds is 5. The molecule has 0 spiro atoms. The minimum atomic E-state index is -0.604. The maximum absolute atomic E-state index is 13.7. The molecule has 3 heterocycles. The number of hydrogen-bond acceptors (Lipinski definition) is 5. The number of amides is 1. The van der Waals surface area contributed by atoms with Crippen molar-refractivity contribution in [1.29, 1.82) is 0 Å². The summed E-state index contributed by atoms with van der Waals surface area (Å²) in [4.78, 5) is 37.3. The van der Waals surface area contributed by atoms with Gasteiger partial charge >= 0.3 is 5.97 Å². The van der Waals surface area contributed by atoms with E-state index in [1.807, 2.05) is 56.0 Å². The van der Waals surface area contributed by atoms with Gasteiger partial charge < -0.3 is 9.64 Å². The quantitative estimate of drug-likeness (QED) is 0.723.